The highest BCUT2D eigenvalue weighted by Crippen LogP contribution is 2.38. The lowest BCUT2D eigenvalue weighted by molar-refractivity contribution is 0.476. The van der Waals surface area contributed by atoms with Crippen LogP contribution in [-0.2, 0) is 0 Å². The van der Waals surface area contributed by atoms with Crippen LogP contribution in [0, 0.1) is 13.8 Å². The second-order valence-electron chi connectivity index (χ2n) is 7.34. The van der Waals surface area contributed by atoms with Crippen molar-refractivity contribution in [1.82, 2.24) is 0 Å². The zero-order valence-corrected chi connectivity index (χ0v) is 16.7. The van der Waals surface area contributed by atoms with Gasteiger partial charge in [-0.15, -0.1) is 11.3 Å². The van der Waals surface area contributed by atoms with Crippen molar-refractivity contribution in [3.8, 4) is 28.0 Å². The van der Waals surface area contributed by atoms with Crippen LogP contribution in [0.5, 0.6) is 5.75 Å². The highest BCUT2D eigenvalue weighted by molar-refractivity contribution is 7.25. The highest BCUT2D eigenvalue weighted by Gasteiger charge is 2.10. The van der Waals surface area contributed by atoms with Gasteiger partial charge in [0.2, 0.25) is 0 Å². The molecule has 0 amide bonds. The third-order valence-corrected chi connectivity index (χ3v) is 6.61. The van der Waals surface area contributed by atoms with Gasteiger partial charge in [0.15, 0.2) is 0 Å². The molecule has 0 aliphatic heterocycles. The molecule has 0 radical (unpaired) electrons. The summed E-state index contributed by atoms with van der Waals surface area (Å²) in [7, 11) is 0. The Balaban J connectivity index is 1.70. The molecule has 1 nitrogen and oxygen atoms in total. The summed E-state index contributed by atoms with van der Waals surface area (Å²) in [5.74, 6) is 0.315. The molecule has 0 fully saturated rings. The minimum Gasteiger partial charge on any atom is -0.508 e. The summed E-state index contributed by atoms with van der Waals surface area (Å²) in [5, 5.41) is 12.2. The molecule has 1 aromatic heterocycles. The number of benzene rings is 4. The Labute approximate surface area is 168 Å². The summed E-state index contributed by atoms with van der Waals surface area (Å²) < 4.78 is 2.45. The Hall–Kier alpha value is -3.10. The first-order valence-electron chi connectivity index (χ1n) is 9.42. The summed E-state index contributed by atoms with van der Waals surface area (Å²) >= 11 is 1.77. The molecule has 136 valence electrons. The van der Waals surface area contributed by atoms with E-state index in [0.29, 0.717) is 5.75 Å². The summed E-state index contributed by atoms with van der Waals surface area (Å²) in [6.45, 7) is 4.33. The average Bonchev–Trinajstić information content (AvgIpc) is 3.06. The van der Waals surface area contributed by atoms with E-state index in [0.717, 1.165) is 5.39 Å². The van der Waals surface area contributed by atoms with Gasteiger partial charge in [-0.2, -0.15) is 0 Å². The van der Waals surface area contributed by atoms with Gasteiger partial charge in [-0.3, -0.25) is 0 Å². The van der Waals surface area contributed by atoms with E-state index in [1.165, 1.54) is 48.2 Å². The zero-order chi connectivity index (χ0) is 19.3. The van der Waals surface area contributed by atoms with Crippen LogP contribution in [0.4, 0.5) is 0 Å². The number of aromatic hydroxyl groups is 1. The van der Waals surface area contributed by atoms with Gasteiger partial charge < -0.3 is 5.11 Å². The van der Waals surface area contributed by atoms with Gasteiger partial charge >= 0.3 is 0 Å². The topological polar surface area (TPSA) is 20.2 Å². The minimum atomic E-state index is 0.315. The van der Waals surface area contributed by atoms with Crippen molar-refractivity contribution in [3.63, 3.8) is 0 Å². The molecule has 0 saturated carbocycles. The number of aryl methyl sites for hydroxylation is 2. The Morgan fingerprint density at radius 1 is 0.607 bits per heavy atom. The molecule has 0 bridgehead atoms. The van der Waals surface area contributed by atoms with Crippen molar-refractivity contribution in [2.24, 2.45) is 0 Å². The van der Waals surface area contributed by atoms with Crippen LogP contribution in [0.2, 0.25) is 0 Å². The van der Waals surface area contributed by atoms with E-state index in [1.54, 1.807) is 17.4 Å². The third-order valence-electron chi connectivity index (χ3n) is 5.46. The van der Waals surface area contributed by atoms with E-state index in [2.05, 4.69) is 74.5 Å². The van der Waals surface area contributed by atoms with Crippen molar-refractivity contribution >= 4 is 31.5 Å². The van der Waals surface area contributed by atoms with Gasteiger partial charge in [0.05, 0.1) is 0 Å². The van der Waals surface area contributed by atoms with E-state index >= 15 is 0 Å². The number of phenols is 1. The molecular weight excluding hydrogens is 360 g/mol. The first-order valence-corrected chi connectivity index (χ1v) is 10.2. The first-order chi connectivity index (χ1) is 13.6. The summed E-state index contributed by atoms with van der Waals surface area (Å²) in [6.07, 6.45) is 0. The van der Waals surface area contributed by atoms with E-state index in [1.807, 2.05) is 12.1 Å². The van der Waals surface area contributed by atoms with Crippen molar-refractivity contribution in [1.29, 1.82) is 0 Å². The fraction of sp³-hybridized carbons (Fsp3) is 0.0769. The number of rotatable bonds is 2. The lowest BCUT2D eigenvalue weighted by atomic mass is 9.92. The molecule has 5 rings (SSSR count). The fourth-order valence-corrected chi connectivity index (χ4v) is 4.98. The molecule has 0 unspecified atom stereocenters. The van der Waals surface area contributed by atoms with Crippen LogP contribution >= 0.6 is 11.3 Å². The highest BCUT2D eigenvalue weighted by atomic mass is 32.1. The largest absolute Gasteiger partial charge is 0.508 e. The minimum absolute atomic E-state index is 0.315. The van der Waals surface area contributed by atoms with E-state index in [4.69, 9.17) is 0 Å². The van der Waals surface area contributed by atoms with Crippen LogP contribution in [0.1, 0.15) is 11.1 Å². The summed E-state index contributed by atoms with van der Waals surface area (Å²) in [4.78, 5) is 0. The zero-order valence-electron chi connectivity index (χ0n) is 15.9. The van der Waals surface area contributed by atoms with Crippen LogP contribution in [0.15, 0.2) is 78.9 Å². The predicted octanol–water partition coefficient (Wildman–Crippen LogP) is 7.71. The first kappa shape index (κ1) is 17.0. The van der Waals surface area contributed by atoms with E-state index < -0.39 is 0 Å². The van der Waals surface area contributed by atoms with Crippen molar-refractivity contribution in [3.05, 3.63) is 90.0 Å². The fourth-order valence-electron chi connectivity index (χ4n) is 3.91. The van der Waals surface area contributed by atoms with E-state index in [-0.39, 0.29) is 0 Å². The SMILES string of the molecule is Cc1ccccc1-c1cc(-c2ccc3sc4ccc(O)cc4c3c2)ccc1C. The van der Waals surface area contributed by atoms with Crippen LogP contribution in [-0.4, -0.2) is 5.11 Å². The standard InChI is InChI=1S/C26H20OS/c1-16-5-3-4-6-21(16)22-13-18(8-7-17(22)2)19-9-11-25-23(14-19)24-15-20(27)10-12-26(24)28-25/h3-15,27H,1-2H3. The van der Waals surface area contributed by atoms with Crippen LogP contribution < -0.4 is 0 Å². The van der Waals surface area contributed by atoms with Crippen molar-refractivity contribution in [2.75, 3.05) is 0 Å². The quantitative estimate of drug-likeness (QED) is 0.332. The molecule has 28 heavy (non-hydrogen) atoms. The molecule has 2 heteroatoms. The van der Waals surface area contributed by atoms with E-state index in [9.17, 15) is 5.11 Å². The normalized spacial score (nSPS) is 11.4. The van der Waals surface area contributed by atoms with Gasteiger partial charge in [-0.1, -0.05) is 42.5 Å². The second-order valence-corrected chi connectivity index (χ2v) is 8.42. The van der Waals surface area contributed by atoms with Crippen molar-refractivity contribution in [2.45, 2.75) is 13.8 Å². The molecular formula is C26H20OS. The lowest BCUT2D eigenvalue weighted by Gasteiger charge is -2.12. The Kier molecular flexibility index (Phi) is 3.96. The number of hydrogen-bond acceptors (Lipinski definition) is 2. The van der Waals surface area contributed by atoms with Gasteiger partial charge in [-0.05, 0) is 83.6 Å². The number of hydrogen-bond donors (Lipinski definition) is 1. The molecule has 0 spiro atoms. The van der Waals surface area contributed by atoms with Gasteiger partial charge in [0.25, 0.3) is 0 Å². The molecule has 1 heterocycles. The number of fused-ring (bicyclic) bond motifs is 3. The Morgan fingerprint density at radius 3 is 2.07 bits per heavy atom. The van der Waals surface area contributed by atoms with Gasteiger partial charge in [-0.25, -0.2) is 0 Å². The molecule has 0 saturated heterocycles. The molecule has 5 aromatic rings. The Bertz CT molecular complexity index is 1340. The van der Waals surface area contributed by atoms with Crippen LogP contribution in [0.3, 0.4) is 0 Å². The number of phenolic OH excluding ortho intramolecular Hbond substituents is 1. The van der Waals surface area contributed by atoms with Crippen molar-refractivity contribution < 1.29 is 5.11 Å². The molecule has 0 aliphatic rings. The lowest BCUT2D eigenvalue weighted by Crippen LogP contribution is -1.88. The summed E-state index contributed by atoms with van der Waals surface area (Å²) in [6, 6.07) is 27.5. The monoisotopic (exact) mass is 380 g/mol. The summed E-state index contributed by atoms with van der Waals surface area (Å²) in [5.41, 5.74) is 7.55. The molecule has 4 aromatic carbocycles. The molecule has 0 aliphatic carbocycles. The molecule has 1 N–H and O–H groups in total. The maximum atomic E-state index is 9.92. The third kappa shape index (κ3) is 2.78. The maximum Gasteiger partial charge on any atom is 0.116 e. The average molecular weight is 381 g/mol. The smallest absolute Gasteiger partial charge is 0.116 e. The Morgan fingerprint density at radius 2 is 1.25 bits per heavy atom. The molecule has 0 atom stereocenters. The second kappa shape index (κ2) is 6.50. The van der Waals surface area contributed by atoms with Crippen LogP contribution in [0.25, 0.3) is 42.4 Å². The van der Waals surface area contributed by atoms with Gasteiger partial charge in [0, 0.05) is 20.2 Å². The van der Waals surface area contributed by atoms with Gasteiger partial charge in [0.1, 0.15) is 5.75 Å². The maximum absolute atomic E-state index is 9.92. The number of thiophene rings is 1. The predicted molar refractivity (Wildman–Crippen MR) is 121 cm³/mol.